The Hall–Kier alpha value is -2.84. The molecular weight excluding hydrogens is 340 g/mol. The van der Waals surface area contributed by atoms with Crippen molar-refractivity contribution in [1.29, 1.82) is 0 Å². The van der Waals surface area contributed by atoms with E-state index >= 15 is 0 Å². The first-order valence-electron chi connectivity index (χ1n) is 7.44. The Morgan fingerprint density at radius 1 is 1.12 bits per heavy atom. The molecule has 2 aromatic carbocycles. The number of nitrogen functional groups attached to an aromatic ring is 1. The largest absolute Gasteiger partial charge is 0.497 e. The number of methoxy groups -OCH3 is 1. The fraction of sp³-hybridized carbons (Fsp3) is 0.118. The number of sulfonamides is 1. The van der Waals surface area contributed by atoms with Crippen LogP contribution in [-0.2, 0) is 10.0 Å². The fourth-order valence-electron chi connectivity index (χ4n) is 2.53. The van der Waals surface area contributed by atoms with E-state index in [1.807, 2.05) is 25.1 Å². The summed E-state index contributed by atoms with van der Waals surface area (Å²) in [5.41, 5.74) is 7.47. The molecule has 0 radical (unpaired) electrons. The molecule has 0 saturated heterocycles. The van der Waals surface area contributed by atoms with E-state index in [1.54, 1.807) is 12.1 Å². The van der Waals surface area contributed by atoms with Crippen molar-refractivity contribution in [2.75, 3.05) is 17.3 Å². The van der Waals surface area contributed by atoms with Gasteiger partial charge in [0.15, 0.2) is 0 Å². The van der Waals surface area contributed by atoms with Gasteiger partial charge < -0.3 is 10.5 Å². The maximum atomic E-state index is 12.9. The number of hydrazine groups is 1. The average Bonchev–Trinajstić information content (AvgIpc) is 2.60. The number of hydrogen-bond acceptors (Lipinski definition) is 6. The van der Waals surface area contributed by atoms with Crippen molar-refractivity contribution >= 4 is 32.3 Å². The summed E-state index contributed by atoms with van der Waals surface area (Å²) in [6, 6.07) is 13.2. The number of fused-ring (bicyclic) bond motifs is 1. The van der Waals surface area contributed by atoms with Gasteiger partial charge in [-0.3, -0.25) is 4.98 Å². The van der Waals surface area contributed by atoms with Crippen molar-refractivity contribution in [1.82, 2.24) is 4.98 Å². The second kappa shape index (κ2) is 6.23. The van der Waals surface area contributed by atoms with Crippen molar-refractivity contribution in [3.63, 3.8) is 0 Å². The highest BCUT2D eigenvalue weighted by Gasteiger charge is 2.26. The van der Waals surface area contributed by atoms with Gasteiger partial charge in [0.1, 0.15) is 10.6 Å². The van der Waals surface area contributed by atoms with Crippen LogP contribution in [0.4, 0.5) is 11.4 Å². The highest BCUT2D eigenvalue weighted by Crippen LogP contribution is 2.31. The minimum Gasteiger partial charge on any atom is -0.497 e. The lowest BCUT2D eigenvalue weighted by Gasteiger charge is -2.21. The maximum Gasteiger partial charge on any atom is 0.279 e. The Labute approximate surface area is 145 Å². The summed E-state index contributed by atoms with van der Waals surface area (Å²) in [4.78, 5) is 4.32. The molecule has 0 aliphatic rings. The zero-order valence-corrected chi connectivity index (χ0v) is 14.6. The van der Waals surface area contributed by atoms with Gasteiger partial charge in [-0.05, 0) is 31.2 Å². The van der Waals surface area contributed by atoms with Crippen LogP contribution in [0.5, 0.6) is 5.75 Å². The third kappa shape index (κ3) is 2.97. The fourth-order valence-corrected chi connectivity index (χ4v) is 3.75. The summed E-state index contributed by atoms with van der Waals surface area (Å²) in [6.45, 7) is 1.83. The predicted molar refractivity (Wildman–Crippen MR) is 97.7 cm³/mol. The number of aromatic nitrogens is 1. The first-order chi connectivity index (χ1) is 11.8. The van der Waals surface area contributed by atoms with Gasteiger partial charge in [-0.15, -0.1) is 0 Å². The van der Waals surface area contributed by atoms with Crippen molar-refractivity contribution in [3.05, 3.63) is 54.2 Å². The number of aryl methyl sites for hydroxylation is 1. The summed E-state index contributed by atoms with van der Waals surface area (Å²) >= 11 is 0. The second-order valence-corrected chi connectivity index (χ2v) is 7.29. The highest BCUT2D eigenvalue weighted by atomic mass is 32.2. The van der Waals surface area contributed by atoms with E-state index in [2.05, 4.69) is 4.98 Å². The van der Waals surface area contributed by atoms with Gasteiger partial charge in [0.2, 0.25) is 0 Å². The number of para-hydroxylation sites is 1. The lowest BCUT2D eigenvalue weighted by molar-refractivity contribution is 0.414. The number of pyridine rings is 1. The molecule has 25 heavy (non-hydrogen) atoms. The zero-order chi connectivity index (χ0) is 18.2. The van der Waals surface area contributed by atoms with Gasteiger partial charge >= 0.3 is 0 Å². The quantitative estimate of drug-likeness (QED) is 0.420. The van der Waals surface area contributed by atoms with E-state index < -0.39 is 10.0 Å². The summed E-state index contributed by atoms with van der Waals surface area (Å²) in [5.74, 6) is 6.44. The first-order valence-corrected chi connectivity index (χ1v) is 8.88. The lowest BCUT2D eigenvalue weighted by atomic mass is 10.2. The minimum absolute atomic E-state index is 0.0548. The number of rotatable bonds is 4. The number of benzene rings is 2. The summed E-state index contributed by atoms with van der Waals surface area (Å²) < 4.78 is 31.6. The number of nitrogens with two attached hydrogens (primary N) is 2. The van der Waals surface area contributed by atoms with Crippen LogP contribution in [0.3, 0.4) is 0 Å². The Kier molecular flexibility index (Phi) is 4.23. The zero-order valence-electron chi connectivity index (χ0n) is 13.8. The maximum absolute atomic E-state index is 12.9. The van der Waals surface area contributed by atoms with E-state index in [0.29, 0.717) is 15.7 Å². The van der Waals surface area contributed by atoms with Crippen molar-refractivity contribution in [2.24, 2.45) is 5.84 Å². The number of nitrogens with zero attached hydrogens (tertiary/aromatic N) is 2. The lowest BCUT2D eigenvalue weighted by Crippen LogP contribution is -2.38. The molecule has 3 rings (SSSR count). The number of ether oxygens (including phenoxy) is 1. The third-order valence-corrected chi connectivity index (χ3v) is 5.47. The van der Waals surface area contributed by atoms with Crippen LogP contribution in [-0.4, -0.2) is 20.5 Å². The SMILES string of the molecule is COc1ccc(S(=O)(=O)N(N)c2cccc3ccc(C)nc23)c(N)c1. The van der Waals surface area contributed by atoms with Crippen LogP contribution in [0.15, 0.2) is 53.4 Å². The summed E-state index contributed by atoms with van der Waals surface area (Å²) in [6.07, 6.45) is 0. The number of anilines is 2. The van der Waals surface area contributed by atoms with Crippen LogP contribution in [0.25, 0.3) is 10.9 Å². The molecule has 7 nitrogen and oxygen atoms in total. The molecule has 0 bridgehead atoms. The normalized spacial score (nSPS) is 11.5. The highest BCUT2D eigenvalue weighted by molar-refractivity contribution is 7.92. The van der Waals surface area contributed by atoms with Gasteiger partial charge in [0.05, 0.1) is 24.0 Å². The molecule has 130 valence electrons. The molecule has 0 unspecified atom stereocenters. The molecule has 0 atom stereocenters. The smallest absolute Gasteiger partial charge is 0.279 e. The minimum atomic E-state index is -4.06. The van der Waals surface area contributed by atoms with Crippen LogP contribution >= 0.6 is 0 Å². The van der Waals surface area contributed by atoms with Gasteiger partial charge in [-0.1, -0.05) is 18.2 Å². The standard InChI is InChI=1S/C17H18N4O3S/c1-11-6-7-12-4-3-5-15(17(12)20-11)21(19)25(22,23)16-9-8-13(24-2)10-14(16)18/h3-10H,18-19H2,1-2H3. The number of hydrogen-bond donors (Lipinski definition) is 2. The van der Waals surface area contributed by atoms with Gasteiger partial charge in [-0.25, -0.2) is 5.84 Å². The predicted octanol–water partition coefficient (Wildman–Crippen LogP) is 2.20. The van der Waals surface area contributed by atoms with Crippen LogP contribution in [0.1, 0.15) is 5.69 Å². The van der Waals surface area contributed by atoms with Crippen LogP contribution in [0.2, 0.25) is 0 Å². The first kappa shape index (κ1) is 17.0. The Balaban J connectivity index is 2.14. The summed E-state index contributed by atoms with van der Waals surface area (Å²) in [5, 5.41) is 0.788. The van der Waals surface area contributed by atoms with E-state index in [4.69, 9.17) is 16.3 Å². The second-order valence-electron chi connectivity index (χ2n) is 5.51. The Morgan fingerprint density at radius 3 is 2.56 bits per heavy atom. The molecule has 1 aromatic heterocycles. The monoisotopic (exact) mass is 358 g/mol. The molecule has 1 heterocycles. The third-order valence-electron chi connectivity index (χ3n) is 3.83. The van der Waals surface area contributed by atoms with Crippen molar-refractivity contribution < 1.29 is 13.2 Å². The van der Waals surface area contributed by atoms with E-state index in [-0.39, 0.29) is 16.3 Å². The van der Waals surface area contributed by atoms with Crippen LogP contribution in [0, 0.1) is 6.92 Å². The molecule has 4 N–H and O–H groups in total. The van der Waals surface area contributed by atoms with Gasteiger partial charge in [-0.2, -0.15) is 12.8 Å². The van der Waals surface area contributed by atoms with Gasteiger partial charge in [0, 0.05) is 17.1 Å². The molecule has 0 aliphatic heterocycles. The molecule has 3 aromatic rings. The molecule has 0 spiro atoms. The topological polar surface area (TPSA) is 112 Å². The van der Waals surface area contributed by atoms with Crippen molar-refractivity contribution in [2.45, 2.75) is 11.8 Å². The molecular formula is C17H18N4O3S. The van der Waals surface area contributed by atoms with Crippen LogP contribution < -0.4 is 20.7 Å². The molecule has 0 fully saturated rings. The Bertz CT molecular complexity index is 1050. The summed E-state index contributed by atoms with van der Waals surface area (Å²) in [7, 11) is -2.59. The molecule has 0 amide bonds. The average molecular weight is 358 g/mol. The Morgan fingerprint density at radius 2 is 1.88 bits per heavy atom. The van der Waals surface area contributed by atoms with Gasteiger partial charge in [0.25, 0.3) is 10.0 Å². The molecule has 8 heteroatoms. The van der Waals surface area contributed by atoms with E-state index in [0.717, 1.165) is 11.1 Å². The molecule has 0 aliphatic carbocycles. The van der Waals surface area contributed by atoms with E-state index in [9.17, 15) is 8.42 Å². The van der Waals surface area contributed by atoms with Crippen molar-refractivity contribution in [3.8, 4) is 5.75 Å². The van der Waals surface area contributed by atoms with E-state index in [1.165, 1.54) is 25.3 Å². The molecule has 0 saturated carbocycles.